The van der Waals surface area contributed by atoms with Gasteiger partial charge in [0.15, 0.2) is 11.1 Å². The van der Waals surface area contributed by atoms with Crippen LogP contribution < -0.4 is 10.6 Å². The van der Waals surface area contributed by atoms with Crippen LogP contribution in [-0.2, 0) is 13.0 Å². The fraction of sp³-hybridized carbons (Fsp3) is 0.850. The van der Waals surface area contributed by atoms with Crippen LogP contribution in [0.4, 0.5) is 0 Å². The summed E-state index contributed by atoms with van der Waals surface area (Å²) < 4.78 is 2.25. The maximum Gasteiger partial charge on any atom is 0.191 e. The van der Waals surface area contributed by atoms with Crippen LogP contribution in [0.15, 0.2) is 10.1 Å². The molecule has 1 atom stereocenters. The minimum Gasteiger partial charge on any atom is -0.396 e. The summed E-state index contributed by atoms with van der Waals surface area (Å²) in [4.78, 5) is 4.72. The number of rotatable bonds is 14. The smallest absolute Gasteiger partial charge is 0.191 e. The van der Waals surface area contributed by atoms with Crippen LogP contribution in [0.3, 0.4) is 0 Å². The molecule has 3 N–H and O–H groups in total. The lowest BCUT2D eigenvalue weighted by Crippen LogP contribution is -2.38. The van der Waals surface area contributed by atoms with Gasteiger partial charge >= 0.3 is 0 Å². The van der Waals surface area contributed by atoms with Crippen LogP contribution in [0.2, 0.25) is 0 Å². The number of thioether (sulfide) groups is 1. The summed E-state index contributed by atoms with van der Waals surface area (Å²) >= 11 is 1.65. The average Bonchev–Trinajstić information content (AvgIpc) is 3.04. The van der Waals surface area contributed by atoms with Gasteiger partial charge in [-0.1, -0.05) is 39.0 Å². The number of aryl methyl sites for hydroxylation is 1. The van der Waals surface area contributed by atoms with E-state index in [1.54, 1.807) is 11.8 Å². The monoisotopic (exact) mass is 412 g/mol. The van der Waals surface area contributed by atoms with Crippen molar-refractivity contribution in [1.82, 2.24) is 25.4 Å². The average molecular weight is 413 g/mol. The second-order valence-corrected chi connectivity index (χ2v) is 8.30. The van der Waals surface area contributed by atoms with E-state index in [1.807, 2.05) is 6.26 Å². The summed E-state index contributed by atoms with van der Waals surface area (Å²) in [5.74, 6) is 2.94. The number of aliphatic hydroxyl groups is 1. The molecule has 1 aromatic heterocycles. The highest BCUT2D eigenvalue weighted by molar-refractivity contribution is 7.98. The van der Waals surface area contributed by atoms with Gasteiger partial charge in [0, 0.05) is 39.2 Å². The molecule has 7 nitrogen and oxygen atoms in total. The fourth-order valence-electron chi connectivity index (χ4n) is 3.14. The van der Waals surface area contributed by atoms with Crippen LogP contribution in [-0.4, -0.2) is 58.3 Å². The molecule has 0 aromatic carbocycles. The van der Waals surface area contributed by atoms with Crippen molar-refractivity contribution in [2.45, 2.75) is 71.5 Å². The summed E-state index contributed by atoms with van der Waals surface area (Å²) in [6, 6.07) is 0. The van der Waals surface area contributed by atoms with E-state index in [0.717, 1.165) is 75.2 Å². The maximum atomic E-state index is 9.22. The van der Waals surface area contributed by atoms with Gasteiger partial charge in [0.2, 0.25) is 0 Å². The Kier molecular flexibility index (Phi) is 13.0. The molecule has 0 fully saturated rings. The SMILES string of the molecule is CCCC(CCO)CN=C(NCC)NCCCc1nnc(SC)n1CC(C)C. The normalized spacial score (nSPS) is 13.2. The lowest BCUT2D eigenvalue weighted by atomic mass is 10.0. The second kappa shape index (κ2) is 14.7. The van der Waals surface area contributed by atoms with Crippen molar-refractivity contribution in [2.24, 2.45) is 16.8 Å². The number of hydrogen-bond donors (Lipinski definition) is 3. The molecule has 0 aliphatic carbocycles. The molecular weight excluding hydrogens is 372 g/mol. The third-order valence-electron chi connectivity index (χ3n) is 4.48. The Morgan fingerprint density at radius 1 is 1.21 bits per heavy atom. The van der Waals surface area contributed by atoms with Gasteiger partial charge in [-0.25, -0.2) is 0 Å². The van der Waals surface area contributed by atoms with E-state index < -0.39 is 0 Å². The zero-order valence-corrected chi connectivity index (χ0v) is 19.2. The van der Waals surface area contributed by atoms with Gasteiger partial charge in [0.25, 0.3) is 0 Å². The van der Waals surface area contributed by atoms with E-state index in [0.29, 0.717) is 11.8 Å². The van der Waals surface area contributed by atoms with E-state index in [9.17, 15) is 5.11 Å². The zero-order chi connectivity index (χ0) is 20.8. The molecule has 0 aliphatic rings. The van der Waals surface area contributed by atoms with Crippen molar-refractivity contribution in [3.05, 3.63) is 5.82 Å². The highest BCUT2D eigenvalue weighted by Gasteiger charge is 2.12. The zero-order valence-electron chi connectivity index (χ0n) is 18.4. The van der Waals surface area contributed by atoms with E-state index in [4.69, 9.17) is 4.99 Å². The fourth-order valence-corrected chi connectivity index (χ4v) is 3.66. The Morgan fingerprint density at radius 2 is 2.00 bits per heavy atom. The second-order valence-electron chi connectivity index (χ2n) is 7.52. The Labute approximate surface area is 175 Å². The van der Waals surface area contributed by atoms with Gasteiger partial charge in [0.1, 0.15) is 5.82 Å². The molecule has 0 amide bonds. The minimum atomic E-state index is 0.235. The van der Waals surface area contributed by atoms with Crippen molar-refractivity contribution in [3.8, 4) is 0 Å². The van der Waals surface area contributed by atoms with Gasteiger partial charge in [-0.2, -0.15) is 0 Å². The standard InChI is InChI=1S/C20H40N6OS/c1-6-9-17(11-13-27)14-23-19(21-7-2)22-12-8-10-18-24-25-20(28-5)26(18)15-16(3)4/h16-17,27H,6-15H2,1-5H3,(H2,21,22,23). The van der Waals surface area contributed by atoms with Crippen molar-refractivity contribution >= 4 is 17.7 Å². The molecule has 28 heavy (non-hydrogen) atoms. The first kappa shape index (κ1) is 24.8. The summed E-state index contributed by atoms with van der Waals surface area (Å²) in [7, 11) is 0. The molecule has 1 unspecified atom stereocenters. The lowest BCUT2D eigenvalue weighted by molar-refractivity contribution is 0.253. The first-order valence-corrected chi connectivity index (χ1v) is 11.9. The summed E-state index contributed by atoms with van der Waals surface area (Å²) in [5, 5.41) is 25.7. The molecule has 0 bridgehead atoms. The third kappa shape index (κ3) is 9.28. The summed E-state index contributed by atoms with van der Waals surface area (Å²) in [6.07, 6.45) is 6.97. The van der Waals surface area contributed by atoms with Crippen LogP contribution in [0, 0.1) is 11.8 Å². The Morgan fingerprint density at radius 3 is 2.61 bits per heavy atom. The molecular formula is C20H40N6OS. The molecule has 0 radical (unpaired) electrons. The number of aromatic nitrogens is 3. The molecule has 8 heteroatoms. The quantitative estimate of drug-likeness (QED) is 0.188. The van der Waals surface area contributed by atoms with E-state index in [1.165, 1.54) is 0 Å². The van der Waals surface area contributed by atoms with Gasteiger partial charge in [-0.15, -0.1) is 10.2 Å². The summed E-state index contributed by atoms with van der Waals surface area (Å²) in [6.45, 7) is 12.3. The van der Waals surface area contributed by atoms with Crippen LogP contribution in [0.1, 0.15) is 59.2 Å². The molecule has 162 valence electrons. The molecule has 1 heterocycles. The lowest BCUT2D eigenvalue weighted by Gasteiger charge is -2.15. The molecule has 0 aliphatic heterocycles. The van der Waals surface area contributed by atoms with E-state index >= 15 is 0 Å². The van der Waals surface area contributed by atoms with Crippen LogP contribution >= 0.6 is 11.8 Å². The number of guanidine groups is 1. The largest absolute Gasteiger partial charge is 0.396 e. The maximum absolute atomic E-state index is 9.22. The van der Waals surface area contributed by atoms with Crippen molar-refractivity contribution in [1.29, 1.82) is 0 Å². The third-order valence-corrected chi connectivity index (χ3v) is 5.15. The Balaban J connectivity index is 2.54. The summed E-state index contributed by atoms with van der Waals surface area (Å²) in [5.41, 5.74) is 0. The van der Waals surface area contributed by atoms with E-state index in [2.05, 4.69) is 53.1 Å². The molecule has 0 saturated carbocycles. The Hall–Kier alpha value is -1.28. The predicted molar refractivity (Wildman–Crippen MR) is 119 cm³/mol. The van der Waals surface area contributed by atoms with Gasteiger partial charge in [-0.05, 0) is 44.3 Å². The van der Waals surface area contributed by atoms with Gasteiger partial charge < -0.3 is 20.3 Å². The number of nitrogens with zero attached hydrogens (tertiary/aromatic N) is 4. The number of hydrogen-bond acceptors (Lipinski definition) is 5. The Bertz CT molecular complexity index is 555. The van der Waals surface area contributed by atoms with Gasteiger partial charge in [-0.3, -0.25) is 4.99 Å². The van der Waals surface area contributed by atoms with Gasteiger partial charge in [0.05, 0.1) is 0 Å². The first-order chi connectivity index (χ1) is 13.5. The molecule has 0 saturated heterocycles. The first-order valence-electron chi connectivity index (χ1n) is 10.6. The number of aliphatic hydroxyl groups excluding tert-OH is 1. The number of aliphatic imine (C=N–C) groups is 1. The minimum absolute atomic E-state index is 0.235. The van der Waals surface area contributed by atoms with Crippen molar-refractivity contribution in [2.75, 3.05) is 32.5 Å². The van der Waals surface area contributed by atoms with Crippen molar-refractivity contribution in [3.63, 3.8) is 0 Å². The van der Waals surface area contributed by atoms with Crippen molar-refractivity contribution < 1.29 is 5.11 Å². The predicted octanol–water partition coefficient (Wildman–Crippen LogP) is 2.94. The number of nitrogens with one attached hydrogen (secondary N) is 2. The topological polar surface area (TPSA) is 87.4 Å². The highest BCUT2D eigenvalue weighted by atomic mass is 32.2. The molecule has 1 rings (SSSR count). The van der Waals surface area contributed by atoms with Crippen LogP contribution in [0.25, 0.3) is 0 Å². The molecule has 0 spiro atoms. The molecule has 1 aromatic rings. The van der Waals surface area contributed by atoms with E-state index in [-0.39, 0.29) is 6.61 Å². The van der Waals surface area contributed by atoms with Crippen LogP contribution in [0.5, 0.6) is 0 Å². The highest BCUT2D eigenvalue weighted by Crippen LogP contribution is 2.16.